The second kappa shape index (κ2) is 9.45. The fourth-order valence-electron chi connectivity index (χ4n) is 3.15. The minimum absolute atomic E-state index is 0.739. The molecule has 136 valence electrons. The van der Waals surface area contributed by atoms with E-state index in [1.165, 1.54) is 11.1 Å². The number of rotatable bonds is 5. The quantitative estimate of drug-likeness (QED) is 0.412. The highest BCUT2D eigenvalue weighted by Crippen LogP contribution is 2.29. The van der Waals surface area contributed by atoms with Crippen molar-refractivity contribution in [1.82, 2.24) is 0 Å². The van der Waals surface area contributed by atoms with Gasteiger partial charge in [-0.3, -0.25) is 0 Å². The van der Waals surface area contributed by atoms with Crippen molar-refractivity contribution < 1.29 is 0 Å². The lowest BCUT2D eigenvalue weighted by molar-refractivity contribution is 0.922. The fraction of sp³-hybridized carbons (Fsp3) is 0.231. The molecule has 0 nitrogen and oxygen atoms in total. The van der Waals surface area contributed by atoms with E-state index in [2.05, 4.69) is 80.3 Å². The highest BCUT2D eigenvalue weighted by atomic mass is 35.5. The molecule has 3 aromatic rings. The molecular formula is C26H25Cl. The first-order valence-electron chi connectivity index (χ1n) is 9.69. The Kier molecular flexibility index (Phi) is 6.74. The maximum absolute atomic E-state index is 6.53. The van der Waals surface area contributed by atoms with E-state index < -0.39 is 0 Å². The molecule has 0 saturated carbocycles. The monoisotopic (exact) mass is 372 g/mol. The van der Waals surface area contributed by atoms with Gasteiger partial charge in [-0.15, -0.1) is 0 Å². The van der Waals surface area contributed by atoms with Crippen LogP contribution in [0.25, 0.3) is 11.1 Å². The van der Waals surface area contributed by atoms with Crippen LogP contribution in [-0.4, -0.2) is 0 Å². The predicted octanol–water partition coefficient (Wildman–Crippen LogP) is 7.31. The van der Waals surface area contributed by atoms with E-state index in [9.17, 15) is 0 Å². The van der Waals surface area contributed by atoms with Crippen LogP contribution in [-0.2, 0) is 12.8 Å². The van der Waals surface area contributed by atoms with E-state index >= 15 is 0 Å². The third-order valence-electron chi connectivity index (χ3n) is 4.62. The Hall–Kier alpha value is -2.49. The summed E-state index contributed by atoms with van der Waals surface area (Å²) in [5, 5.41) is 0.739. The van der Waals surface area contributed by atoms with Gasteiger partial charge in [-0.2, -0.15) is 0 Å². The average molecular weight is 373 g/mol. The summed E-state index contributed by atoms with van der Waals surface area (Å²) in [6.45, 7) is 4.39. The molecule has 0 heterocycles. The third kappa shape index (κ3) is 5.25. The Morgan fingerprint density at radius 3 is 1.74 bits per heavy atom. The molecule has 27 heavy (non-hydrogen) atoms. The molecule has 3 rings (SSSR count). The minimum atomic E-state index is 0.739. The number of hydrogen-bond acceptors (Lipinski definition) is 0. The molecule has 0 unspecified atom stereocenters. The molecule has 0 atom stereocenters. The lowest BCUT2D eigenvalue weighted by Gasteiger charge is -2.06. The molecule has 0 bridgehead atoms. The molecule has 0 aliphatic rings. The first kappa shape index (κ1) is 19.3. The van der Waals surface area contributed by atoms with Crippen molar-refractivity contribution in [2.45, 2.75) is 39.5 Å². The normalized spacial score (nSPS) is 10.3. The largest absolute Gasteiger partial charge is 0.0836 e. The molecule has 0 aromatic heterocycles. The Morgan fingerprint density at radius 2 is 1.19 bits per heavy atom. The second-order valence-corrected chi connectivity index (χ2v) is 7.25. The molecule has 1 heteroatoms. The van der Waals surface area contributed by atoms with Crippen LogP contribution in [0.5, 0.6) is 0 Å². The predicted molar refractivity (Wildman–Crippen MR) is 117 cm³/mol. The standard InChI is InChI=1S/C26H25Cl/c1-3-5-20-7-9-22(10-8-20)11-12-23-15-18-25(26(27)19-23)24-16-13-21(6-4-2)14-17-24/h7-10,13-19H,3-6H2,1-2H3. The summed E-state index contributed by atoms with van der Waals surface area (Å²) >= 11 is 6.53. The summed E-state index contributed by atoms with van der Waals surface area (Å²) in [7, 11) is 0. The summed E-state index contributed by atoms with van der Waals surface area (Å²) < 4.78 is 0. The fourth-order valence-corrected chi connectivity index (χ4v) is 3.44. The van der Waals surface area contributed by atoms with Crippen molar-refractivity contribution in [2.24, 2.45) is 0 Å². The van der Waals surface area contributed by atoms with Gasteiger partial charge in [-0.05, 0) is 53.8 Å². The van der Waals surface area contributed by atoms with E-state index in [0.29, 0.717) is 0 Å². The summed E-state index contributed by atoms with van der Waals surface area (Å²) in [6.07, 6.45) is 4.55. The smallest absolute Gasteiger partial charge is 0.0496 e. The zero-order valence-electron chi connectivity index (χ0n) is 16.1. The molecule has 0 saturated heterocycles. The van der Waals surface area contributed by atoms with E-state index in [-0.39, 0.29) is 0 Å². The molecule has 0 aliphatic carbocycles. The van der Waals surface area contributed by atoms with Gasteiger partial charge >= 0.3 is 0 Å². The van der Waals surface area contributed by atoms with Crippen molar-refractivity contribution in [3.63, 3.8) is 0 Å². The second-order valence-electron chi connectivity index (χ2n) is 6.84. The number of halogens is 1. The third-order valence-corrected chi connectivity index (χ3v) is 4.93. The zero-order valence-corrected chi connectivity index (χ0v) is 16.8. The molecule has 0 spiro atoms. The summed E-state index contributed by atoms with van der Waals surface area (Å²) in [5.41, 5.74) is 6.89. The molecule has 0 fully saturated rings. The summed E-state index contributed by atoms with van der Waals surface area (Å²) in [6, 6.07) is 23.2. The van der Waals surface area contributed by atoms with E-state index in [1.807, 2.05) is 12.1 Å². The van der Waals surface area contributed by atoms with Crippen LogP contribution in [0, 0.1) is 11.8 Å². The molecule has 0 N–H and O–H groups in total. The van der Waals surface area contributed by atoms with Gasteiger partial charge in [0.2, 0.25) is 0 Å². The summed E-state index contributed by atoms with van der Waals surface area (Å²) in [5.74, 6) is 6.45. The molecule has 3 aromatic carbocycles. The van der Waals surface area contributed by atoms with E-state index in [0.717, 1.165) is 53.0 Å². The van der Waals surface area contributed by atoms with Gasteiger partial charge in [0.05, 0.1) is 0 Å². The van der Waals surface area contributed by atoms with Crippen LogP contribution in [0.1, 0.15) is 48.9 Å². The summed E-state index contributed by atoms with van der Waals surface area (Å²) in [4.78, 5) is 0. The highest BCUT2D eigenvalue weighted by molar-refractivity contribution is 6.33. The molecular weight excluding hydrogens is 348 g/mol. The van der Waals surface area contributed by atoms with Crippen molar-refractivity contribution in [1.29, 1.82) is 0 Å². The van der Waals surface area contributed by atoms with Crippen LogP contribution in [0.3, 0.4) is 0 Å². The number of hydrogen-bond donors (Lipinski definition) is 0. The van der Waals surface area contributed by atoms with Crippen LogP contribution < -0.4 is 0 Å². The van der Waals surface area contributed by atoms with Gasteiger partial charge in [0, 0.05) is 21.7 Å². The SMILES string of the molecule is CCCc1ccc(C#Cc2ccc(-c3ccc(CCC)cc3)c(Cl)c2)cc1. The lowest BCUT2D eigenvalue weighted by atomic mass is 10.0. The highest BCUT2D eigenvalue weighted by Gasteiger charge is 2.04. The first-order valence-corrected chi connectivity index (χ1v) is 10.1. The van der Waals surface area contributed by atoms with Gasteiger partial charge in [-0.1, -0.05) is 92.6 Å². The van der Waals surface area contributed by atoms with Gasteiger partial charge < -0.3 is 0 Å². The lowest BCUT2D eigenvalue weighted by Crippen LogP contribution is -1.86. The van der Waals surface area contributed by atoms with E-state index in [4.69, 9.17) is 11.6 Å². The Labute approximate surface area is 168 Å². The number of benzene rings is 3. The Balaban J connectivity index is 1.77. The van der Waals surface area contributed by atoms with Gasteiger partial charge in [0.15, 0.2) is 0 Å². The average Bonchev–Trinajstić information content (AvgIpc) is 2.69. The van der Waals surface area contributed by atoms with Gasteiger partial charge in [0.25, 0.3) is 0 Å². The topological polar surface area (TPSA) is 0 Å². The van der Waals surface area contributed by atoms with Crippen molar-refractivity contribution in [3.05, 3.63) is 94.0 Å². The Bertz CT molecular complexity index is 938. The van der Waals surface area contributed by atoms with Crippen molar-refractivity contribution in [3.8, 4) is 23.0 Å². The van der Waals surface area contributed by atoms with Crippen LogP contribution in [0.4, 0.5) is 0 Å². The molecule has 0 amide bonds. The van der Waals surface area contributed by atoms with Crippen molar-refractivity contribution in [2.75, 3.05) is 0 Å². The molecule has 0 radical (unpaired) electrons. The molecule has 0 aliphatic heterocycles. The maximum Gasteiger partial charge on any atom is 0.0496 e. The van der Waals surface area contributed by atoms with Crippen molar-refractivity contribution >= 4 is 11.6 Å². The van der Waals surface area contributed by atoms with Gasteiger partial charge in [-0.25, -0.2) is 0 Å². The minimum Gasteiger partial charge on any atom is -0.0836 e. The zero-order chi connectivity index (χ0) is 19.1. The van der Waals surface area contributed by atoms with Crippen LogP contribution in [0.2, 0.25) is 5.02 Å². The number of aryl methyl sites for hydroxylation is 2. The van der Waals surface area contributed by atoms with Crippen LogP contribution in [0.15, 0.2) is 66.7 Å². The maximum atomic E-state index is 6.53. The first-order chi connectivity index (χ1) is 13.2. The Morgan fingerprint density at radius 1 is 0.667 bits per heavy atom. The van der Waals surface area contributed by atoms with Gasteiger partial charge in [0.1, 0.15) is 0 Å². The van der Waals surface area contributed by atoms with E-state index in [1.54, 1.807) is 0 Å². The van der Waals surface area contributed by atoms with Crippen LogP contribution >= 0.6 is 11.6 Å².